The molecule has 160 valence electrons. The smallest absolute Gasteiger partial charge is 0.191 e. The number of hydrogen-bond donors (Lipinski definition) is 2. The maximum atomic E-state index is 4.49. The first-order chi connectivity index (χ1) is 13.2. The van der Waals surface area contributed by atoms with Gasteiger partial charge < -0.3 is 20.4 Å². The molecule has 1 aliphatic carbocycles. The van der Waals surface area contributed by atoms with Gasteiger partial charge in [-0.15, -0.1) is 35.3 Å². The van der Waals surface area contributed by atoms with Crippen LogP contribution in [0.1, 0.15) is 44.9 Å². The van der Waals surface area contributed by atoms with Crippen molar-refractivity contribution in [1.82, 2.24) is 15.5 Å². The summed E-state index contributed by atoms with van der Waals surface area (Å²) in [6.45, 7) is 3.22. The third-order valence-corrected chi connectivity index (χ3v) is 7.14. The molecule has 1 saturated heterocycles. The Morgan fingerprint density at radius 1 is 1.21 bits per heavy atom. The van der Waals surface area contributed by atoms with Gasteiger partial charge in [-0.25, -0.2) is 0 Å². The molecule has 2 heterocycles. The average molecular weight is 520 g/mol. The fourth-order valence-corrected chi connectivity index (χ4v) is 5.36. The van der Waals surface area contributed by atoms with Crippen LogP contribution in [-0.2, 0) is 0 Å². The van der Waals surface area contributed by atoms with E-state index in [1.165, 1.54) is 49.9 Å². The maximum Gasteiger partial charge on any atom is 0.191 e. The highest BCUT2D eigenvalue weighted by atomic mass is 127. The number of nitrogens with zero attached hydrogens (tertiary/aromatic N) is 3. The Labute approximate surface area is 192 Å². The average Bonchev–Trinajstić information content (AvgIpc) is 3.23. The molecular formula is C21H38IN5S. The third kappa shape index (κ3) is 6.76. The van der Waals surface area contributed by atoms with Gasteiger partial charge in [0, 0.05) is 38.8 Å². The Morgan fingerprint density at radius 3 is 2.50 bits per heavy atom. The second-order valence-electron chi connectivity index (χ2n) is 8.24. The van der Waals surface area contributed by atoms with Crippen LogP contribution < -0.4 is 15.5 Å². The molecule has 0 aromatic carbocycles. The Balaban J connectivity index is 0.00000280. The van der Waals surface area contributed by atoms with E-state index in [9.17, 15) is 0 Å². The monoisotopic (exact) mass is 519 g/mol. The summed E-state index contributed by atoms with van der Waals surface area (Å²) in [6, 6.07) is 5.47. The summed E-state index contributed by atoms with van der Waals surface area (Å²) in [7, 11) is 6.33. The quantitative estimate of drug-likeness (QED) is 0.339. The lowest BCUT2D eigenvalue weighted by atomic mass is 9.83. The summed E-state index contributed by atoms with van der Waals surface area (Å²) in [4.78, 5) is 9.39. The minimum Gasteiger partial charge on any atom is -0.363 e. The van der Waals surface area contributed by atoms with Crippen molar-refractivity contribution >= 4 is 46.3 Å². The second kappa shape index (κ2) is 12.2. The zero-order valence-corrected chi connectivity index (χ0v) is 20.8. The number of thiophene rings is 1. The summed E-state index contributed by atoms with van der Waals surface area (Å²) in [5, 5.41) is 10.9. The van der Waals surface area contributed by atoms with E-state index in [1.54, 1.807) is 0 Å². The molecule has 2 N–H and O–H groups in total. The van der Waals surface area contributed by atoms with Crippen LogP contribution in [-0.4, -0.2) is 63.7 Å². The molecule has 1 aromatic rings. The predicted octanol–water partition coefficient (Wildman–Crippen LogP) is 4.01. The second-order valence-corrected chi connectivity index (χ2v) is 9.17. The minimum absolute atomic E-state index is 0. The van der Waals surface area contributed by atoms with Crippen molar-refractivity contribution in [3.63, 3.8) is 0 Å². The number of nitrogens with one attached hydrogen (secondary N) is 2. The van der Waals surface area contributed by atoms with Gasteiger partial charge in [0.1, 0.15) is 0 Å². The van der Waals surface area contributed by atoms with Crippen LogP contribution in [0.15, 0.2) is 22.5 Å². The summed E-state index contributed by atoms with van der Waals surface area (Å²) in [5.41, 5.74) is 0. The lowest BCUT2D eigenvalue weighted by Gasteiger charge is -2.36. The normalized spacial score (nSPS) is 20.7. The number of likely N-dealkylation sites (N-methyl/N-ethyl adjacent to an activating group) is 1. The lowest BCUT2D eigenvalue weighted by molar-refractivity contribution is 0.171. The fraction of sp³-hybridized carbons (Fsp3) is 0.762. The molecular weight excluding hydrogens is 481 g/mol. The van der Waals surface area contributed by atoms with E-state index in [2.05, 4.69) is 57.0 Å². The van der Waals surface area contributed by atoms with Gasteiger partial charge in [0.15, 0.2) is 5.96 Å². The number of guanidine groups is 1. The first kappa shape index (κ1) is 23.7. The van der Waals surface area contributed by atoms with E-state index < -0.39 is 0 Å². The molecule has 28 heavy (non-hydrogen) atoms. The summed E-state index contributed by atoms with van der Waals surface area (Å²) in [5.74, 6) is 1.78. The van der Waals surface area contributed by atoms with E-state index in [0.29, 0.717) is 12.1 Å². The van der Waals surface area contributed by atoms with Crippen LogP contribution in [0.5, 0.6) is 0 Å². The zero-order valence-electron chi connectivity index (χ0n) is 17.7. The predicted molar refractivity (Wildman–Crippen MR) is 134 cm³/mol. The molecule has 1 aromatic heterocycles. The van der Waals surface area contributed by atoms with Gasteiger partial charge in [-0.2, -0.15) is 0 Å². The SMILES string of the molecule is CN=C(NCC(C1CCCCC1)N(C)C)NC1CCN(c2cccs2)CC1.I. The van der Waals surface area contributed by atoms with Gasteiger partial charge in [-0.05, 0) is 63.2 Å². The van der Waals surface area contributed by atoms with Crippen molar-refractivity contribution < 1.29 is 0 Å². The molecule has 1 saturated carbocycles. The van der Waals surface area contributed by atoms with E-state index in [4.69, 9.17) is 0 Å². The fourth-order valence-electron chi connectivity index (χ4n) is 4.57. The van der Waals surface area contributed by atoms with Crippen molar-refractivity contribution in [1.29, 1.82) is 0 Å². The van der Waals surface area contributed by atoms with Crippen LogP contribution >= 0.6 is 35.3 Å². The van der Waals surface area contributed by atoms with E-state index in [-0.39, 0.29) is 24.0 Å². The van der Waals surface area contributed by atoms with Crippen molar-refractivity contribution in [2.75, 3.05) is 45.7 Å². The number of piperidine rings is 1. The zero-order chi connectivity index (χ0) is 19.1. The summed E-state index contributed by atoms with van der Waals surface area (Å²) >= 11 is 1.84. The topological polar surface area (TPSA) is 42.9 Å². The molecule has 0 radical (unpaired) electrons. The summed E-state index contributed by atoms with van der Waals surface area (Å²) < 4.78 is 0. The number of hydrogen-bond acceptors (Lipinski definition) is 4. The van der Waals surface area contributed by atoms with Crippen LogP contribution in [0.4, 0.5) is 5.00 Å². The standard InChI is InChI=1S/C21H37N5S.HI/c1-22-21(23-16-19(25(2)3)17-8-5-4-6-9-17)24-18-11-13-26(14-12-18)20-10-7-15-27-20;/h7,10,15,17-19H,4-6,8-9,11-14,16H2,1-3H3,(H2,22,23,24);1H. The molecule has 5 nitrogen and oxygen atoms in total. The Bertz CT molecular complexity index is 563. The Morgan fingerprint density at radius 2 is 1.93 bits per heavy atom. The largest absolute Gasteiger partial charge is 0.363 e. The highest BCUT2D eigenvalue weighted by molar-refractivity contribution is 14.0. The molecule has 2 aliphatic rings. The maximum absolute atomic E-state index is 4.49. The van der Waals surface area contributed by atoms with E-state index in [1.807, 2.05) is 18.4 Å². The van der Waals surface area contributed by atoms with Gasteiger partial charge in [0.05, 0.1) is 5.00 Å². The number of anilines is 1. The van der Waals surface area contributed by atoms with Crippen molar-refractivity contribution in [3.05, 3.63) is 17.5 Å². The van der Waals surface area contributed by atoms with E-state index in [0.717, 1.165) is 31.5 Å². The molecule has 2 fully saturated rings. The number of halogens is 1. The Hall–Kier alpha value is -0.540. The van der Waals surface area contributed by atoms with Crippen LogP contribution in [0, 0.1) is 5.92 Å². The van der Waals surface area contributed by atoms with Crippen molar-refractivity contribution in [2.45, 2.75) is 57.0 Å². The molecule has 1 aliphatic heterocycles. The molecule has 0 spiro atoms. The first-order valence-corrected chi connectivity index (χ1v) is 11.5. The Kier molecular flexibility index (Phi) is 10.4. The van der Waals surface area contributed by atoms with Gasteiger partial charge in [-0.3, -0.25) is 4.99 Å². The molecule has 1 unspecified atom stereocenters. The van der Waals surface area contributed by atoms with Gasteiger partial charge in [-0.1, -0.05) is 19.3 Å². The lowest BCUT2D eigenvalue weighted by Crippen LogP contribution is -2.52. The molecule has 7 heteroatoms. The highest BCUT2D eigenvalue weighted by Gasteiger charge is 2.26. The minimum atomic E-state index is 0. The van der Waals surface area contributed by atoms with Gasteiger partial charge >= 0.3 is 0 Å². The van der Waals surface area contributed by atoms with E-state index >= 15 is 0 Å². The first-order valence-electron chi connectivity index (χ1n) is 10.6. The molecule has 0 bridgehead atoms. The summed E-state index contributed by atoms with van der Waals surface area (Å²) in [6.07, 6.45) is 9.28. The third-order valence-electron chi connectivity index (χ3n) is 6.21. The molecule has 0 amide bonds. The number of aliphatic imine (C=N–C) groups is 1. The van der Waals surface area contributed by atoms with Crippen molar-refractivity contribution in [2.24, 2.45) is 10.9 Å². The van der Waals surface area contributed by atoms with Crippen molar-refractivity contribution in [3.8, 4) is 0 Å². The highest BCUT2D eigenvalue weighted by Crippen LogP contribution is 2.28. The molecule has 3 rings (SSSR count). The van der Waals surface area contributed by atoms with Gasteiger partial charge in [0.2, 0.25) is 0 Å². The number of rotatable bonds is 6. The molecule has 1 atom stereocenters. The van der Waals surface area contributed by atoms with Crippen LogP contribution in [0.3, 0.4) is 0 Å². The van der Waals surface area contributed by atoms with Gasteiger partial charge in [0.25, 0.3) is 0 Å². The van der Waals surface area contributed by atoms with Crippen LogP contribution in [0.25, 0.3) is 0 Å². The van der Waals surface area contributed by atoms with Crippen LogP contribution in [0.2, 0.25) is 0 Å².